The van der Waals surface area contributed by atoms with Crippen LogP contribution in [0.5, 0.6) is 0 Å². The van der Waals surface area contributed by atoms with E-state index in [-0.39, 0.29) is 0 Å². The van der Waals surface area contributed by atoms with E-state index in [4.69, 9.17) is 4.74 Å². The van der Waals surface area contributed by atoms with Crippen LogP contribution in [-0.2, 0) is 19.6 Å². The van der Waals surface area contributed by atoms with Crippen LogP contribution in [0.4, 0.5) is 0 Å². The lowest BCUT2D eigenvalue weighted by Gasteiger charge is -2.13. The second-order valence-corrected chi connectivity index (χ2v) is 6.77. The van der Waals surface area contributed by atoms with Crippen LogP contribution in [-0.4, -0.2) is 20.9 Å². The Balaban J connectivity index is 1.85. The first kappa shape index (κ1) is 17.9. The van der Waals surface area contributed by atoms with Gasteiger partial charge in [-0.15, -0.1) is 0 Å². The van der Waals surface area contributed by atoms with Crippen LogP contribution >= 0.6 is 0 Å². The molecule has 0 aromatic heterocycles. The molecule has 6 heteroatoms. The predicted molar refractivity (Wildman–Crippen MR) is 93.3 cm³/mol. The summed E-state index contributed by atoms with van der Waals surface area (Å²) in [5.41, 5.74) is 1.60. The number of benzene rings is 2. The zero-order chi connectivity index (χ0) is 17.4. The first-order valence-electron chi connectivity index (χ1n) is 7.43. The Hall–Kier alpha value is -2.44. The molecule has 1 N–H and O–H groups in total. The van der Waals surface area contributed by atoms with Crippen molar-refractivity contribution in [3.05, 3.63) is 77.2 Å². The Morgan fingerprint density at radius 3 is 2.29 bits per heavy atom. The average Bonchev–Trinajstić information content (AvgIpc) is 2.60. The summed E-state index contributed by atoms with van der Waals surface area (Å²) in [7, 11) is -3.71. The molecule has 0 aliphatic heterocycles. The molecule has 0 saturated heterocycles. The van der Waals surface area contributed by atoms with Crippen molar-refractivity contribution in [2.75, 3.05) is 6.54 Å². The highest BCUT2D eigenvalue weighted by Gasteiger charge is 2.14. The van der Waals surface area contributed by atoms with Gasteiger partial charge in [0.25, 0.3) is 0 Å². The number of hydrogen-bond donors (Lipinski definition) is 1. The van der Waals surface area contributed by atoms with Crippen molar-refractivity contribution in [1.29, 1.82) is 0 Å². The van der Waals surface area contributed by atoms with Crippen molar-refractivity contribution in [3.8, 4) is 0 Å². The van der Waals surface area contributed by atoms with Crippen molar-refractivity contribution in [2.24, 2.45) is 0 Å². The lowest BCUT2D eigenvalue weighted by molar-refractivity contribution is -0.147. The van der Waals surface area contributed by atoms with Crippen LogP contribution in [0, 0.1) is 0 Å². The molecule has 2 aromatic carbocycles. The van der Waals surface area contributed by atoms with E-state index in [1.807, 2.05) is 48.5 Å². The third-order valence-corrected chi connectivity index (χ3v) is 4.28. The van der Waals surface area contributed by atoms with Gasteiger partial charge < -0.3 is 4.74 Å². The fourth-order valence-electron chi connectivity index (χ4n) is 1.97. The highest BCUT2D eigenvalue weighted by atomic mass is 32.2. The number of carbonyl (C=O) groups is 1. The van der Waals surface area contributed by atoms with E-state index in [9.17, 15) is 13.2 Å². The lowest BCUT2D eigenvalue weighted by atomic mass is 10.1. The van der Waals surface area contributed by atoms with Gasteiger partial charge in [-0.05, 0) is 24.1 Å². The molecule has 126 valence electrons. The maximum absolute atomic E-state index is 11.9. The van der Waals surface area contributed by atoms with Gasteiger partial charge >= 0.3 is 5.97 Å². The smallest absolute Gasteiger partial charge is 0.321 e. The molecule has 0 aliphatic rings. The summed E-state index contributed by atoms with van der Waals surface area (Å²) in [5.74, 6) is -0.636. The van der Waals surface area contributed by atoms with E-state index in [0.29, 0.717) is 0 Å². The lowest BCUT2D eigenvalue weighted by Crippen LogP contribution is -2.29. The minimum Gasteiger partial charge on any atom is -0.457 e. The number of sulfonamides is 1. The summed E-state index contributed by atoms with van der Waals surface area (Å²) >= 11 is 0. The third kappa shape index (κ3) is 5.98. The first-order chi connectivity index (χ1) is 11.5. The van der Waals surface area contributed by atoms with E-state index in [0.717, 1.165) is 16.5 Å². The molecule has 2 rings (SSSR count). The Morgan fingerprint density at radius 1 is 1.08 bits per heavy atom. The van der Waals surface area contributed by atoms with Gasteiger partial charge in [-0.3, -0.25) is 4.79 Å². The Morgan fingerprint density at radius 2 is 1.67 bits per heavy atom. The standard InChI is InChI=1S/C18H19NO4S/c1-15(17-10-6-3-7-11-17)23-18(20)14-19-24(21,22)13-12-16-8-4-2-5-9-16/h2-13,15,19H,14H2,1H3/b13-12+/t15-/m0/s1. The number of esters is 1. The monoisotopic (exact) mass is 345 g/mol. The van der Waals surface area contributed by atoms with Crippen molar-refractivity contribution in [2.45, 2.75) is 13.0 Å². The maximum Gasteiger partial charge on any atom is 0.321 e. The highest BCUT2D eigenvalue weighted by Crippen LogP contribution is 2.15. The minimum atomic E-state index is -3.71. The molecule has 0 amide bonds. The van der Waals surface area contributed by atoms with Crippen LogP contribution in [0.15, 0.2) is 66.1 Å². The number of ether oxygens (including phenoxy) is 1. The van der Waals surface area contributed by atoms with Gasteiger partial charge in [-0.1, -0.05) is 60.7 Å². The normalized spacial score (nSPS) is 12.9. The largest absolute Gasteiger partial charge is 0.457 e. The van der Waals surface area contributed by atoms with Gasteiger partial charge in [-0.25, -0.2) is 13.1 Å². The molecular weight excluding hydrogens is 326 g/mol. The summed E-state index contributed by atoms with van der Waals surface area (Å²) in [6, 6.07) is 18.2. The van der Waals surface area contributed by atoms with Gasteiger partial charge in [0.1, 0.15) is 12.6 Å². The number of hydrogen-bond acceptors (Lipinski definition) is 4. The first-order valence-corrected chi connectivity index (χ1v) is 8.98. The van der Waals surface area contributed by atoms with E-state index < -0.39 is 28.6 Å². The van der Waals surface area contributed by atoms with Crippen LogP contribution in [0.3, 0.4) is 0 Å². The topological polar surface area (TPSA) is 72.5 Å². The van der Waals surface area contributed by atoms with Crippen molar-refractivity contribution < 1.29 is 17.9 Å². The van der Waals surface area contributed by atoms with Crippen molar-refractivity contribution >= 4 is 22.1 Å². The van der Waals surface area contributed by atoms with Gasteiger partial charge in [0.2, 0.25) is 10.0 Å². The Bertz CT molecular complexity index is 786. The van der Waals surface area contributed by atoms with Crippen LogP contribution in [0.2, 0.25) is 0 Å². The number of carbonyl (C=O) groups excluding carboxylic acids is 1. The molecule has 0 saturated carbocycles. The van der Waals surface area contributed by atoms with Gasteiger partial charge in [-0.2, -0.15) is 0 Å². The van der Waals surface area contributed by atoms with Crippen LogP contribution in [0.25, 0.3) is 6.08 Å². The molecular formula is C18H19NO4S. The molecule has 0 heterocycles. The molecule has 5 nitrogen and oxygen atoms in total. The Labute approximate surface area is 142 Å². The fourth-order valence-corrected chi connectivity index (χ4v) is 2.72. The maximum atomic E-state index is 11.9. The molecule has 2 aromatic rings. The molecule has 0 aliphatic carbocycles. The zero-order valence-electron chi connectivity index (χ0n) is 13.3. The summed E-state index contributed by atoms with van der Waals surface area (Å²) in [6.07, 6.45) is 1.02. The van der Waals surface area contributed by atoms with E-state index in [1.54, 1.807) is 19.1 Å². The second-order valence-electron chi connectivity index (χ2n) is 5.12. The zero-order valence-corrected chi connectivity index (χ0v) is 14.1. The van der Waals surface area contributed by atoms with Gasteiger partial charge in [0, 0.05) is 5.41 Å². The quantitative estimate of drug-likeness (QED) is 0.783. The molecule has 24 heavy (non-hydrogen) atoms. The summed E-state index contributed by atoms with van der Waals surface area (Å²) in [5, 5.41) is 1.02. The number of nitrogens with one attached hydrogen (secondary N) is 1. The third-order valence-electron chi connectivity index (χ3n) is 3.23. The van der Waals surface area contributed by atoms with Crippen molar-refractivity contribution in [1.82, 2.24) is 4.72 Å². The fraction of sp³-hybridized carbons (Fsp3) is 0.167. The van der Waals surface area contributed by atoms with E-state index in [2.05, 4.69) is 4.72 Å². The molecule has 0 radical (unpaired) electrons. The van der Waals surface area contributed by atoms with Crippen LogP contribution < -0.4 is 4.72 Å². The summed E-state index contributed by atoms with van der Waals surface area (Å²) in [6.45, 7) is 1.32. The molecule has 0 fully saturated rings. The SMILES string of the molecule is C[C@H](OC(=O)CNS(=O)(=O)/C=C/c1ccccc1)c1ccccc1. The number of rotatable bonds is 7. The Kier molecular flexibility index (Phi) is 6.28. The summed E-state index contributed by atoms with van der Waals surface area (Å²) in [4.78, 5) is 11.8. The molecule has 1 atom stereocenters. The molecule has 0 unspecified atom stereocenters. The van der Waals surface area contributed by atoms with Gasteiger partial charge in [0.15, 0.2) is 0 Å². The van der Waals surface area contributed by atoms with Crippen LogP contribution in [0.1, 0.15) is 24.2 Å². The minimum absolute atomic E-state index is 0.418. The highest BCUT2D eigenvalue weighted by molar-refractivity contribution is 7.92. The van der Waals surface area contributed by atoms with E-state index >= 15 is 0 Å². The molecule has 0 spiro atoms. The predicted octanol–water partition coefficient (Wildman–Crippen LogP) is 2.88. The summed E-state index contributed by atoms with van der Waals surface area (Å²) < 4.78 is 31.1. The second kappa shape index (κ2) is 8.42. The average molecular weight is 345 g/mol. The van der Waals surface area contributed by atoms with Crippen molar-refractivity contribution in [3.63, 3.8) is 0 Å². The van der Waals surface area contributed by atoms with E-state index in [1.165, 1.54) is 6.08 Å². The molecule has 0 bridgehead atoms. The van der Waals surface area contributed by atoms with Gasteiger partial charge in [0.05, 0.1) is 0 Å².